The van der Waals surface area contributed by atoms with Gasteiger partial charge in [-0.05, 0) is 6.42 Å². The summed E-state index contributed by atoms with van der Waals surface area (Å²) in [6.07, 6.45) is 17.7. The number of rotatable bonds is 15. The normalized spacial score (nSPS) is 11.4. The minimum atomic E-state index is -3.75. The van der Waals surface area contributed by atoms with Crippen molar-refractivity contribution in [1.82, 2.24) is 0 Å². The predicted molar refractivity (Wildman–Crippen MR) is 94.4 cm³/mol. The molecule has 0 amide bonds. The molecule has 0 aromatic heterocycles. The SMILES string of the molecule is CCCCCCCCCCCCCCCCP(=O)(O)O.[NaH]. The van der Waals surface area contributed by atoms with E-state index < -0.39 is 7.60 Å². The van der Waals surface area contributed by atoms with Gasteiger partial charge in [0.15, 0.2) is 0 Å². The van der Waals surface area contributed by atoms with Crippen LogP contribution < -0.4 is 0 Å². The maximum atomic E-state index is 10.6. The van der Waals surface area contributed by atoms with E-state index in [0.29, 0.717) is 6.42 Å². The molecule has 0 rings (SSSR count). The monoisotopic (exact) mass is 330 g/mol. The third-order valence-corrected chi connectivity index (χ3v) is 4.70. The Labute approximate surface area is 154 Å². The van der Waals surface area contributed by atoms with E-state index in [4.69, 9.17) is 9.79 Å². The van der Waals surface area contributed by atoms with Crippen molar-refractivity contribution >= 4 is 37.2 Å². The second-order valence-corrected chi connectivity index (χ2v) is 7.76. The molecule has 0 fully saturated rings. The molecule has 0 aliphatic heterocycles. The van der Waals surface area contributed by atoms with Crippen molar-refractivity contribution in [2.24, 2.45) is 0 Å². The van der Waals surface area contributed by atoms with E-state index in [1.807, 2.05) is 0 Å². The molecule has 0 bridgehead atoms. The van der Waals surface area contributed by atoms with Crippen molar-refractivity contribution < 1.29 is 14.4 Å². The second kappa shape index (κ2) is 17.5. The zero-order chi connectivity index (χ0) is 15.1. The first-order valence-electron chi connectivity index (χ1n) is 8.61. The molecule has 0 aromatic carbocycles. The van der Waals surface area contributed by atoms with Crippen molar-refractivity contribution in [2.75, 3.05) is 6.16 Å². The van der Waals surface area contributed by atoms with E-state index in [2.05, 4.69) is 6.92 Å². The van der Waals surface area contributed by atoms with Crippen LogP contribution in [0.15, 0.2) is 0 Å². The molecule has 0 aromatic rings. The van der Waals surface area contributed by atoms with Crippen LogP contribution >= 0.6 is 7.60 Å². The van der Waals surface area contributed by atoms with Gasteiger partial charge in [0.25, 0.3) is 0 Å². The van der Waals surface area contributed by atoms with Crippen LogP contribution in [-0.4, -0.2) is 45.5 Å². The van der Waals surface area contributed by atoms with Crippen molar-refractivity contribution in [3.05, 3.63) is 0 Å². The van der Waals surface area contributed by atoms with Gasteiger partial charge in [-0.15, -0.1) is 0 Å². The molecule has 0 unspecified atom stereocenters. The summed E-state index contributed by atoms with van der Waals surface area (Å²) < 4.78 is 10.6. The Balaban J connectivity index is 0. The summed E-state index contributed by atoms with van der Waals surface area (Å²) in [5.74, 6) is 0. The van der Waals surface area contributed by atoms with Crippen LogP contribution in [0.3, 0.4) is 0 Å². The number of unbranched alkanes of at least 4 members (excludes halogenated alkanes) is 13. The molecule has 5 heteroatoms. The van der Waals surface area contributed by atoms with Gasteiger partial charge >= 0.3 is 37.2 Å². The van der Waals surface area contributed by atoms with Crippen LogP contribution in [0.1, 0.15) is 96.8 Å². The van der Waals surface area contributed by atoms with Crippen LogP contribution in [-0.2, 0) is 4.57 Å². The molecule has 2 N–H and O–H groups in total. The molecule has 0 aliphatic carbocycles. The van der Waals surface area contributed by atoms with E-state index in [9.17, 15) is 4.57 Å². The summed E-state index contributed by atoms with van der Waals surface area (Å²) in [5.41, 5.74) is 0. The van der Waals surface area contributed by atoms with Gasteiger partial charge in [0.1, 0.15) is 0 Å². The molecule has 0 atom stereocenters. The first-order valence-corrected chi connectivity index (χ1v) is 10.4. The molecule has 0 aliphatic rings. The predicted octanol–water partition coefficient (Wildman–Crippen LogP) is 5.00. The fourth-order valence-electron chi connectivity index (χ4n) is 2.51. The molecule has 0 saturated heterocycles. The van der Waals surface area contributed by atoms with Crippen molar-refractivity contribution in [3.63, 3.8) is 0 Å². The molecule has 0 heterocycles. The van der Waals surface area contributed by atoms with Crippen LogP contribution in [0.2, 0.25) is 0 Å². The van der Waals surface area contributed by atoms with Gasteiger partial charge in [0.05, 0.1) is 0 Å². The fourth-order valence-corrected chi connectivity index (χ4v) is 3.15. The van der Waals surface area contributed by atoms with Crippen LogP contribution in [0, 0.1) is 0 Å². The van der Waals surface area contributed by atoms with Gasteiger partial charge in [-0.1, -0.05) is 90.4 Å². The fraction of sp³-hybridized carbons (Fsp3) is 1.00. The summed E-state index contributed by atoms with van der Waals surface area (Å²) >= 11 is 0. The number of hydrogen-bond donors (Lipinski definition) is 2. The Hall–Kier alpha value is 1.15. The summed E-state index contributed by atoms with van der Waals surface area (Å²) in [6, 6.07) is 0. The molecular weight excluding hydrogens is 294 g/mol. The average molecular weight is 330 g/mol. The Morgan fingerprint density at radius 2 is 0.905 bits per heavy atom. The van der Waals surface area contributed by atoms with Crippen molar-refractivity contribution in [3.8, 4) is 0 Å². The van der Waals surface area contributed by atoms with E-state index >= 15 is 0 Å². The van der Waals surface area contributed by atoms with Gasteiger partial charge in [0.2, 0.25) is 0 Å². The number of hydrogen-bond acceptors (Lipinski definition) is 1. The van der Waals surface area contributed by atoms with Gasteiger partial charge in [-0.25, -0.2) is 0 Å². The Bertz CT molecular complexity index is 244. The molecule has 3 nitrogen and oxygen atoms in total. The average Bonchev–Trinajstić information content (AvgIpc) is 2.38. The molecule has 0 saturated carbocycles. The third kappa shape index (κ3) is 23.5. The molecule has 0 radical (unpaired) electrons. The van der Waals surface area contributed by atoms with E-state index in [1.165, 1.54) is 70.6 Å². The zero-order valence-corrected chi connectivity index (χ0v) is 14.3. The van der Waals surface area contributed by atoms with Crippen molar-refractivity contribution in [2.45, 2.75) is 96.8 Å². The van der Waals surface area contributed by atoms with E-state index in [1.54, 1.807) is 0 Å². The molecule has 124 valence electrons. The molecule has 21 heavy (non-hydrogen) atoms. The zero-order valence-electron chi connectivity index (χ0n) is 13.4. The summed E-state index contributed by atoms with van der Waals surface area (Å²) in [7, 11) is -3.75. The van der Waals surface area contributed by atoms with Crippen LogP contribution in [0.25, 0.3) is 0 Å². The summed E-state index contributed by atoms with van der Waals surface area (Å²) in [4.78, 5) is 17.4. The van der Waals surface area contributed by atoms with Crippen LogP contribution in [0.4, 0.5) is 0 Å². The van der Waals surface area contributed by atoms with E-state index in [-0.39, 0.29) is 35.7 Å². The van der Waals surface area contributed by atoms with Gasteiger partial charge in [0, 0.05) is 6.16 Å². The quantitative estimate of drug-likeness (QED) is 0.252. The molecule has 0 spiro atoms. The first kappa shape index (κ1) is 24.4. The van der Waals surface area contributed by atoms with Gasteiger partial charge < -0.3 is 9.79 Å². The second-order valence-electron chi connectivity index (χ2n) is 5.98. The standard InChI is InChI=1S/C16H35O3P.Na.H/c1-2-3-4-5-6-7-8-9-10-11-12-13-14-15-16-20(17,18)19;;/h2-16H2,1H3,(H2,17,18,19);;. The topological polar surface area (TPSA) is 57.5 Å². The third-order valence-electron chi connectivity index (χ3n) is 3.80. The minimum absolute atomic E-state index is 0. The van der Waals surface area contributed by atoms with Crippen molar-refractivity contribution in [1.29, 1.82) is 0 Å². The summed E-state index contributed by atoms with van der Waals surface area (Å²) in [6.45, 7) is 2.26. The molecular formula is C16H36NaO3P. The van der Waals surface area contributed by atoms with Gasteiger partial charge in [-0.3, -0.25) is 4.57 Å². The Morgan fingerprint density at radius 3 is 1.19 bits per heavy atom. The van der Waals surface area contributed by atoms with Gasteiger partial charge in [-0.2, -0.15) is 0 Å². The first-order chi connectivity index (χ1) is 9.56. The summed E-state index contributed by atoms with van der Waals surface area (Å²) in [5, 5.41) is 0. The van der Waals surface area contributed by atoms with Crippen LogP contribution in [0.5, 0.6) is 0 Å². The maximum absolute atomic E-state index is 10.6. The van der Waals surface area contributed by atoms with E-state index in [0.717, 1.165) is 12.8 Å². The Morgan fingerprint density at radius 1 is 0.619 bits per heavy atom. The Kier molecular flexibility index (Phi) is 20.3.